The molecule has 0 radical (unpaired) electrons. The largest absolute Gasteiger partial charge is 0.374 e. The van der Waals surface area contributed by atoms with Crippen molar-refractivity contribution in [3.63, 3.8) is 0 Å². The molecule has 0 N–H and O–H groups in total. The highest BCUT2D eigenvalue weighted by molar-refractivity contribution is 6.10. The first-order valence-corrected chi connectivity index (χ1v) is 9.65. The van der Waals surface area contributed by atoms with Gasteiger partial charge in [-0.1, -0.05) is 48.0 Å². The Morgan fingerprint density at radius 3 is 2.07 bits per heavy atom. The first kappa shape index (κ1) is 19.5. The Balaban J connectivity index is 1.70. The number of benzene rings is 2. The van der Waals surface area contributed by atoms with Crippen molar-refractivity contribution in [2.45, 2.75) is 59.2 Å². The van der Waals surface area contributed by atoms with Crippen LogP contribution < -0.4 is 0 Å². The molecule has 0 heterocycles. The summed E-state index contributed by atoms with van der Waals surface area (Å²) in [7, 11) is 0. The Labute approximate surface area is 161 Å². The Morgan fingerprint density at radius 2 is 1.52 bits per heavy atom. The van der Waals surface area contributed by atoms with Crippen LogP contribution in [0.1, 0.15) is 53.5 Å². The van der Waals surface area contributed by atoms with Gasteiger partial charge in [0.2, 0.25) is 0 Å². The van der Waals surface area contributed by atoms with Crippen molar-refractivity contribution in [2.24, 2.45) is 5.92 Å². The lowest BCUT2D eigenvalue weighted by molar-refractivity contribution is -0.136. The van der Waals surface area contributed by atoms with Crippen LogP contribution >= 0.6 is 0 Å². The third-order valence-corrected chi connectivity index (χ3v) is 5.62. The molecule has 0 amide bonds. The van der Waals surface area contributed by atoms with Crippen molar-refractivity contribution in [1.29, 1.82) is 0 Å². The van der Waals surface area contributed by atoms with Gasteiger partial charge in [0.25, 0.3) is 0 Å². The summed E-state index contributed by atoms with van der Waals surface area (Å²) in [4.78, 5) is 25.8. The van der Waals surface area contributed by atoms with Gasteiger partial charge >= 0.3 is 0 Å². The molecule has 1 atom stereocenters. The lowest BCUT2D eigenvalue weighted by Gasteiger charge is -2.31. The standard InChI is InChI=1S/C24H28O3/c1-15-10-16(2)23(17(3)11-15)24-21(25)12-20(13-22(24)26)18(4)27-14-19-8-6-5-7-9-19/h5-11,18,20,24H,12-14H2,1-4H3. The van der Waals surface area contributed by atoms with E-state index in [4.69, 9.17) is 4.74 Å². The van der Waals surface area contributed by atoms with E-state index in [1.807, 2.05) is 58.0 Å². The van der Waals surface area contributed by atoms with Crippen LogP contribution in [-0.2, 0) is 20.9 Å². The molecule has 0 aliphatic heterocycles. The van der Waals surface area contributed by atoms with E-state index in [2.05, 4.69) is 12.1 Å². The number of carbonyl (C=O) groups excluding carboxylic acids is 2. The molecule has 142 valence electrons. The topological polar surface area (TPSA) is 43.4 Å². The molecule has 0 bridgehead atoms. The molecule has 1 aliphatic rings. The van der Waals surface area contributed by atoms with Crippen molar-refractivity contribution in [1.82, 2.24) is 0 Å². The summed E-state index contributed by atoms with van der Waals surface area (Å²) in [6.07, 6.45) is 0.678. The molecule has 3 rings (SSSR count). The van der Waals surface area contributed by atoms with Crippen LogP contribution in [-0.4, -0.2) is 17.7 Å². The smallest absolute Gasteiger partial charge is 0.148 e. The quantitative estimate of drug-likeness (QED) is 0.713. The number of ether oxygens (including phenoxy) is 1. The highest BCUT2D eigenvalue weighted by atomic mass is 16.5. The molecular formula is C24H28O3. The van der Waals surface area contributed by atoms with E-state index in [-0.39, 0.29) is 23.6 Å². The molecule has 1 saturated carbocycles. The second-order valence-corrected chi connectivity index (χ2v) is 7.85. The van der Waals surface area contributed by atoms with Gasteiger partial charge in [-0.25, -0.2) is 0 Å². The zero-order valence-electron chi connectivity index (χ0n) is 16.6. The fourth-order valence-electron chi connectivity index (χ4n) is 4.24. The van der Waals surface area contributed by atoms with Gasteiger partial charge in [0.05, 0.1) is 12.7 Å². The molecule has 0 saturated heterocycles. The minimum Gasteiger partial charge on any atom is -0.374 e. The van der Waals surface area contributed by atoms with E-state index in [1.165, 1.54) is 0 Å². The molecular weight excluding hydrogens is 336 g/mol. The summed E-state index contributed by atoms with van der Waals surface area (Å²) in [5.41, 5.74) is 5.23. The van der Waals surface area contributed by atoms with Crippen LogP contribution in [0.4, 0.5) is 0 Å². The highest BCUT2D eigenvalue weighted by Crippen LogP contribution is 2.36. The van der Waals surface area contributed by atoms with Gasteiger partial charge in [0, 0.05) is 12.8 Å². The predicted molar refractivity (Wildman–Crippen MR) is 107 cm³/mol. The molecule has 3 heteroatoms. The number of Topliss-reactive ketones (excluding diaryl/α,β-unsaturated/α-hetero) is 2. The Bertz CT molecular complexity index is 797. The number of rotatable bonds is 5. The van der Waals surface area contributed by atoms with E-state index >= 15 is 0 Å². The summed E-state index contributed by atoms with van der Waals surface area (Å²) in [6, 6.07) is 14.1. The van der Waals surface area contributed by atoms with E-state index in [9.17, 15) is 9.59 Å². The molecule has 0 spiro atoms. The number of hydrogen-bond acceptors (Lipinski definition) is 3. The average Bonchev–Trinajstić information content (AvgIpc) is 2.61. The normalized spacial score (nSPS) is 21.3. The molecule has 1 unspecified atom stereocenters. The molecule has 2 aromatic rings. The lowest BCUT2D eigenvalue weighted by atomic mass is 9.73. The van der Waals surface area contributed by atoms with Crippen molar-refractivity contribution >= 4 is 11.6 Å². The van der Waals surface area contributed by atoms with Gasteiger partial charge in [-0.3, -0.25) is 9.59 Å². The number of ketones is 2. The van der Waals surface area contributed by atoms with Gasteiger partial charge < -0.3 is 4.74 Å². The van der Waals surface area contributed by atoms with Crippen LogP contribution in [0.5, 0.6) is 0 Å². The fourth-order valence-corrected chi connectivity index (χ4v) is 4.24. The zero-order chi connectivity index (χ0) is 19.6. The molecule has 1 fully saturated rings. The minimum atomic E-state index is -0.608. The van der Waals surface area contributed by atoms with Gasteiger partial charge in [-0.05, 0) is 55.9 Å². The minimum absolute atomic E-state index is 0.0291. The first-order valence-electron chi connectivity index (χ1n) is 9.65. The first-order chi connectivity index (χ1) is 12.9. The van der Waals surface area contributed by atoms with E-state index in [0.717, 1.165) is 27.8 Å². The van der Waals surface area contributed by atoms with E-state index in [0.29, 0.717) is 19.4 Å². The summed E-state index contributed by atoms with van der Waals surface area (Å²) < 4.78 is 5.96. The van der Waals surface area contributed by atoms with Gasteiger partial charge in [0.1, 0.15) is 17.5 Å². The third kappa shape index (κ3) is 4.36. The van der Waals surface area contributed by atoms with Crippen LogP contribution in [0.15, 0.2) is 42.5 Å². The zero-order valence-corrected chi connectivity index (χ0v) is 16.6. The number of aryl methyl sites for hydroxylation is 3. The van der Waals surface area contributed by atoms with Crippen molar-refractivity contribution in [3.05, 3.63) is 70.3 Å². The van der Waals surface area contributed by atoms with Gasteiger partial charge in [0.15, 0.2) is 0 Å². The maximum absolute atomic E-state index is 12.9. The number of hydrogen-bond donors (Lipinski definition) is 0. The molecule has 27 heavy (non-hydrogen) atoms. The van der Waals surface area contributed by atoms with Crippen molar-refractivity contribution < 1.29 is 14.3 Å². The van der Waals surface area contributed by atoms with E-state index < -0.39 is 5.92 Å². The van der Waals surface area contributed by atoms with Crippen LogP contribution in [0.2, 0.25) is 0 Å². The summed E-state index contributed by atoms with van der Waals surface area (Å²) in [6.45, 7) is 8.49. The van der Waals surface area contributed by atoms with Gasteiger partial charge in [-0.2, -0.15) is 0 Å². The maximum atomic E-state index is 12.9. The molecule has 1 aliphatic carbocycles. The van der Waals surface area contributed by atoms with E-state index in [1.54, 1.807) is 0 Å². The summed E-state index contributed by atoms with van der Waals surface area (Å²) in [5, 5.41) is 0. The maximum Gasteiger partial charge on any atom is 0.148 e. The highest BCUT2D eigenvalue weighted by Gasteiger charge is 2.39. The molecule has 0 aromatic heterocycles. The number of carbonyl (C=O) groups is 2. The third-order valence-electron chi connectivity index (χ3n) is 5.62. The van der Waals surface area contributed by atoms with Crippen LogP contribution in [0.3, 0.4) is 0 Å². The molecule has 3 nitrogen and oxygen atoms in total. The second kappa shape index (κ2) is 8.18. The molecule has 2 aromatic carbocycles. The summed E-state index contributed by atoms with van der Waals surface area (Å²) in [5.74, 6) is -0.595. The monoisotopic (exact) mass is 364 g/mol. The van der Waals surface area contributed by atoms with Crippen molar-refractivity contribution in [2.75, 3.05) is 0 Å². The van der Waals surface area contributed by atoms with Gasteiger partial charge in [-0.15, -0.1) is 0 Å². The average molecular weight is 364 g/mol. The lowest BCUT2D eigenvalue weighted by Crippen LogP contribution is -2.37. The Hall–Kier alpha value is -2.26. The Kier molecular flexibility index (Phi) is 5.91. The Morgan fingerprint density at radius 1 is 0.963 bits per heavy atom. The van der Waals surface area contributed by atoms with Crippen molar-refractivity contribution in [3.8, 4) is 0 Å². The van der Waals surface area contributed by atoms with Crippen LogP contribution in [0, 0.1) is 26.7 Å². The predicted octanol–water partition coefficient (Wildman–Crippen LogP) is 4.85. The second-order valence-electron chi connectivity index (χ2n) is 7.85. The SMILES string of the molecule is Cc1cc(C)c(C2C(=O)CC(C(C)OCc3ccccc3)CC2=O)c(C)c1. The van der Waals surface area contributed by atoms with Crippen LogP contribution in [0.25, 0.3) is 0 Å². The summed E-state index contributed by atoms with van der Waals surface area (Å²) >= 11 is 0. The fraction of sp³-hybridized carbons (Fsp3) is 0.417.